The minimum atomic E-state index is -0.463. The van der Waals surface area contributed by atoms with E-state index in [4.69, 9.17) is 9.72 Å². The molecule has 1 aromatic heterocycles. The molecule has 0 fully saturated rings. The van der Waals surface area contributed by atoms with Gasteiger partial charge in [0, 0.05) is 30.8 Å². The zero-order chi connectivity index (χ0) is 17.2. The van der Waals surface area contributed by atoms with Gasteiger partial charge in [-0.05, 0) is 38.8 Å². The lowest BCUT2D eigenvalue weighted by Gasteiger charge is -2.26. The van der Waals surface area contributed by atoms with Crippen LogP contribution in [0.3, 0.4) is 0 Å². The summed E-state index contributed by atoms with van der Waals surface area (Å²) in [6.07, 6.45) is 1.34. The number of hydrogen-bond acceptors (Lipinski definition) is 3. The molecule has 126 valence electrons. The van der Waals surface area contributed by atoms with E-state index in [9.17, 15) is 4.79 Å². The molecule has 0 N–H and O–H groups in total. The molecular weight excluding hydrogens is 300 g/mol. The third kappa shape index (κ3) is 3.94. The van der Waals surface area contributed by atoms with Gasteiger partial charge in [-0.25, -0.2) is 4.79 Å². The molecule has 0 aliphatic carbocycles. The van der Waals surface area contributed by atoms with E-state index in [1.807, 2.05) is 39.0 Å². The molecule has 2 aromatic rings. The molecule has 3 rings (SSSR count). The quantitative estimate of drug-likeness (QED) is 0.793. The third-order valence-corrected chi connectivity index (χ3v) is 4.06. The molecule has 0 saturated carbocycles. The Morgan fingerprint density at radius 2 is 1.75 bits per heavy atom. The van der Waals surface area contributed by atoms with Crippen molar-refractivity contribution in [2.24, 2.45) is 0 Å². The maximum atomic E-state index is 12.3. The predicted molar refractivity (Wildman–Crippen MR) is 94.9 cm³/mol. The molecule has 1 aliphatic heterocycles. The molecule has 0 spiro atoms. The molecule has 4 heteroatoms. The number of benzene rings is 1. The summed E-state index contributed by atoms with van der Waals surface area (Å²) in [5.41, 5.74) is 3.95. The number of aromatic nitrogens is 1. The average molecular weight is 324 g/mol. The lowest BCUT2D eigenvalue weighted by atomic mass is 10.1. The lowest BCUT2D eigenvalue weighted by Crippen LogP contribution is -2.38. The van der Waals surface area contributed by atoms with E-state index < -0.39 is 5.60 Å². The van der Waals surface area contributed by atoms with Crippen LogP contribution in [0.25, 0.3) is 11.3 Å². The molecule has 0 saturated heterocycles. The lowest BCUT2D eigenvalue weighted by molar-refractivity contribution is 0.0258. The molecule has 2 heterocycles. The highest BCUT2D eigenvalue weighted by molar-refractivity contribution is 5.68. The molecule has 0 unspecified atom stereocenters. The molecule has 1 amide bonds. The third-order valence-electron chi connectivity index (χ3n) is 4.06. The van der Waals surface area contributed by atoms with Gasteiger partial charge < -0.3 is 9.64 Å². The zero-order valence-corrected chi connectivity index (χ0v) is 14.6. The summed E-state index contributed by atoms with van der Waals surface area (Å²) < 4.78 is 5.49. The van der Waals surface area contributed by atoms with Crippen molar-refractivity contribution in [3.8, 4) is 11.3 Å². The smallest absolute Gasteiger partial charge is 0.410 e. The number of pyridine rings is 1. The maximum absolute atomic E-state index is 12.3. The molecule has 0 radical (unpaired) electrons. The number of ether oxygens (including phenoxy) is 1. The van der Waals surface area contributed by atoms with E-state index in [-0.39, 0.29) is 6.09 Å². The van der Waals surface area contributed by atoms with Crippen molar-refractivity contribution < 1.29 is 9.53 Å². The summed E-state index contributed by atoms with van der Waals surface area (Å²) in [5.74, 6) is 0. The second kappa shape index (κ2) is 6.63. The van der Waals surface area contributed by atoms with Gasteiger partial charge in [0.25, 0.3) is 0 Å². The van der Waals surface area contributed by atoms with Crippen molar-refractivity contribution in [3.05, 3.63) is 53.7 Å². The van der Waals surface area contributed by atoms with Crippen LogP contribution in [0.4, 0.5) is 4.79 Å². The van der Waals surface area contributed by atoms with Crippen LogP contribution in [0.2, 0.25) is 0 Å². The van der Waals surface area contributed by atoms with E-state index in [0.717, 1.165) is 29.8 Å². The fourth-order valence-electron chi connectivity index (χ4n) is 2.86. The van der Waals surface area contributed by atoms with E-state index in [1.54, 1.807) is 4.90 Å². The van der Waals surface area contributed by atoms with Gasteiger partial charge in [0.1, 0.15) is 5.60 Å². The van der Waals surface area contributed by atoms with Gasteiger partial charge in [0.05, 0.1) is 5.69 Å². The SMILES string of the molecule is CC(C)(C)OC(=O)N1CCc2ccc(-c3ccccc3)nc2CC1. The van der Waals surface area contributed by atoms with E-state index in [2.05, 4.69) is 24.3 Å². The predicted octanol–water partition coefficient (Wildman–Crippen LogP) is 4.08. The number of carbonyl (C=O) groups is 1. The van der Waals surface area contributed by atoms with Gasteiger partial charge in [-0.1, -0.05) is 36.4 Å². The van der Waals surface area contributed by atoms with Crippen LogP contribution in [0, 0.1) is 0 Å². The summed E-state index contributed by atoms with van der Waals surface area (Å²) >= 11 is 0. The molecular formula is C20H24N2O2. The first-order chi connectivity index (χ1) is 11.4. The standard InChI is InChI=1S/C20H24N2O2/c1-20(2,3)24-19(23)22-13-11-16-9-10-17(21-18(16)12-14-22)15-7-5-4-6-8-15/h4-10H,11-14H2,1-3H3. The molecule has 24 heavy (non-hydrogen) atoms. The van der Waals surface area contributed by atoms with E-state index >= 15 is 0 Å². The minimum absolute atomic E-state index is 0.237. The summed E-state index contributed by atoms with van der Waals surface area (Å²) in [5, 5.41) is 0. The summed E-state index contributed by atoms with van der Waals surface area (Å²) in [6.45, 7) is 7.00. The molecule has 4 nitrogen and oxygen atoms in total. The van der Waals surface area contributed by atoms with Crippen LogP contribution in [-0.4, -0.2) is 34.7 Å². The normalized spacial score (nSPS) is 14.7. The second-order valence-corrected chi connectivity index (χ2v) is 7.14. The van der Waals surface area contributed by atoms with Crippen LogP contribution >= 0.6 is 0 Å². The highest BCUT2D eigenvalue weighted by Crippen LogP contribution is 2.22. The van der Waals surface area contributed by atoms with E-state index in [0.29, 0.717) is 13.1 Å². The van der Waals surface area contributed by atoms with Crippen molar-refractivity contribution in [1.82, 2.24) is 9.88 Å². The fourth-order valence-corrected chi connectivity index (χ4v) is 2.86. The number of carbonyl (C=O) groups excluding carboxylic acids is 1. The van der Waals surface area contributed by atoms with Crippen LogP contribution in [-0.2, 0) is 17.6 Å². The van der Waals surface area contributed by atoms with Gasteiger partial charge in [0.15, 0.2) is 0 Å². The van der Waals surface area contributed by atoms with E-state index in [1.165, 1.54) is 5.56 Å². The Bertz CT molecular complexity index is 720. The number of nitrogens with zero attached hydrogens (tertiary/aromatic N) is 2. The van der Waals surface area contributed by atoms with Gasteiger partial charge in [-0.15, -0.1) is 0 Å². The van der Waals surface area contributed by atoms with Crippen LogP contribution in [0.15, 0.2) is 42.5 Å². The largest absolute Gasteiger partial charge is 0.444 e. The minimum Gasteiger partial charge on any atom is -0.444 e. The summed E-state index contributed by atoms with van der Waals surface area (Å²) in [6, 6.07) is 14.4. The topological polar surface area (TPSA) is 42.4 Å². The first-order valence-electron chi connectivity index (χ1n) is 8.44. The highest BCUT2D eigenvalue weighted by atomic mass is 16.6. The highest BCUT2D eigenvalue weighted by Gasteiger charge is 2.24. The van der Waals surface area contributed by atoms with Gasteiger partial charge >= 0.3 is 6.09 Å². The van der Waals surface area contributed by atoms with Crippen LogP contribution < -0.4 is 0 Å². The van der Waals surface area contributed by atoms with Gasteiger partial charge in [-0.2, -0.15) is 0 Å². The van der Waals surface area contributed by atoms with Crippen molar-refractivity contribution in [1.29, 1.82) is 0 Å². The number of hydrogen-bond donors (Lipinski definition) is 0. The monoisotopic (exact) mass is 324 g/mol. The number of fused-ring (bicyclic) bond motifs is 1. The Morgan fingerprint density at radius 3 is 2.46 bits per heavy atom. The van der Waals surface area contributed by atoms with Crippen molar-refractivity contribution in [3.63, 3.8) is 0 Å². The molecule has 1 aromatic carbocycles. The average Bonchev–Trinajstić information content (AvgIpc) is 2.76. The van der Waals surface area contributed by atoms with Crippen LogP contribution in [0.5, 0.6) is 0 Å². The zero-order valence-electron chi connectivity index (χ0n) is 14.6. The summed E-state index contributed by atoms with van der Waals surface area (Å²) in [4.78, 5) is 18.9. The summed E-state index contributed by atoms with van der Waals surface area (Å²) in [7, 11) is 0. The van der Waals surface area contributed by atoms with Crippen molar-refractivity contribution >= 4 is 6.09 Å². The Balaban J connectivity index is 1.75. The molecule has 0 atom stereocenters. The Labute approximate surface area is 143 Å². The van der Waals surface area contributed by atoms with Crippen molar-refractivity contribution in [2.45, 2.75) is 39.2 Å². The van der Waals surface area contributed by atoms with Crippen molar-refractivity contribution in [2.75, 3.05) is 13.1 Å². The Kier molecular flexibility index (Phi) is 4.56. The van der Waals surface area contributed by atoms with Gasteiger partial charge in [0.2, 0.25) is 0 Å². The first kappa shape index (κ1) is 16.5. The molecule has 0 bridgehead atoms. The van der Waals surface area contributed by atoms with Gasteiger partial charge in [-0.3, -0.25) is 4.98 Å². The first-order valence-corrected chi connectivity index (χ1v) is 8.44. The fraction of sp³-hybridized carbons (Fsp3) is 0.400. The number of amides is 1. The maximum Gasteiger partial charge on any atom is 0.410 e. The Morgan fingerprint density at radius 1 is 1.04 bits per heavy atom. The number of rotatable bonds is 1. The Hall–Kier alpha value is -2.36. The second-order valence-electron chi connectivity index (χ2n) is 7.14. The van der Waals surface area contributed by atoms with Crippen LogP contribution in [0.1, 0.15) is 32.0 Å². The molecule has 1 aliphatic rings.